The molecule has 14 heavy (non-hydrogen) atoms. The topological polar surface area (TPSA) is 46.2 Å². The van der Waals surface area contributed by atoms with E-state index in [-0.39, 0.29) is 0 Å². The average molecular weight is 219 g/mol. The molecule has 1 aliphatic rings. The third kappa shape index (κ3) is 3.96. The van der Waals surface area contributed by atoms with Crippen LogP contribution < -0.4 is 5.32 Å². The van der Waals surface area contributed by atoms with Crippen molar-refractivity contribution in [2.75, 3.05) is 18.1 Å². The van der Waals surface area contributed by atoms with Crippen molar-refractivity contribution >= 4 is 9.84 Å². The van der Waals surface area contributed by atoms with Crippen molar-refractivity contribution in [1.82, 2.24) is 5.32 Å². The van der Waals surface area contributed by atoms with Gasteiger partial charge in [-0.25, -0.2) is 8.42 Å². The highest BCUT2D eigenvalue weighted by molar-refractivity contribution is 7.91. The third-order valence-corrected chi connectivity index (χ3v) is 4.59. The van der Waals surface area contributed by atoms with Gasteiger partial charge >= 0.3 is 0 Å². The second-order valence-electron chi connectivity index (χ2n) is 4.38. The van der Waals surface area contributed by atoms with E-state index >= 15 is 0 Å². The zero-order valence-corrected chi connectivity index (χ0v) is 9.94. The molecule has 0 aliphatic heterocycles. The zero-order valence-electron chi connectivity index (χ0n) is 9.12. The second kappa shape index (κ2) is 5.12. The van der Waals surface area contributed by atoms with Crippen molar-refractivity contribution in [2.24, 2.45) is 5.92 Å². The van der Waals surface area contributed by atoms with Gasteiger partial charge in [-0.15, -0.1) is 0 Å². The summed E-state index contributed by atoms with van der Waals surface area (Å²) in [4.78, 5) is 0. The fourth-order valence-electron chi connectivity index (χ4n) is 1.90. The molecule has 1 fully saturated rings. The molecule has 0 radical (unpaired) electrons. The molecule has 0 aromatic rings. The van der Waals surface area contributed by atoms with Crippen molar-refractivity contribution in [2.45, 2.75) is 39.2 Å². The smallest absolute Gasteiger partial charge is 0.151 e. The molecule has 0 aromatic heterocycles. The molecule has 0 spiro atoms. The van der Waals surface area contributed by atoms with Gasteiger partial charge in [-0.05, 0) is 25.2 Å². The van der Waals surface area contributed by atoms with E-state index in [1.54, 1.807) is 0 Å². The van der Waals surface area contributed by atoms with E-state index in [2.05, 4.69) is 12.2 Å². The first-order valence-electron chi connectivity index (χ1n) is 5.47. The van der Waals surface area contributed by atoms with Crippen LogP contribution in [0, 0.1) is 5.92 Å². The lowest BCUT2D eigenvalue weighted by Gasteiger charge is -2.33. The number of hydrogen-bond donors (Lipinski definition) is 1. The Morgan fingerprint density at radius 3 is 2.43 bits per heavy atom. The summed E-state index contributed by atoms with van der Waals surface area (Å²) in [7, 11) is -2.79. The molecule has 1 rings (SSSR count). The highest BCUT2D eigenvalue weighted by Gasteiger charge is 2.24. The largest absolute Gasteiger partial charge is 0.313 e. The standard InChI is InChI=1S/C10H21NO2S/c1-3-5-14(12,13)6-4-11-10-7-9(2)8-10/h9-11H,3-8H2,1-2H3. The van der Waals surface area contributed by atoms with Crippen LogP contribution in [0.4, 0.5) is 0 Å². The minimum Gasteiger partial charge on any atom is -0.313 e. The van der Waals surface area contributed by atoms with Crippen LogP contribution in [-0.2, 0) is 9.84 Å². The lowest BCUT2D eigenvalue weighted by Crippen LogP contribution is -2.42. The van der Waals surface area contributed by atoms with E-state index in [0.29, 0.717) is 24.1 Å². The first kappa shape index (κ1) is 12.0. The van der Waals surface area contributed by atoms with Gasteiger partial charge in [0, 0.05) is 18.3 Å². The normalized spacial score (nSPS) is 27.3. The van der Waals surface area contributed by atoms with E-state index in [1.165, 1.54) is 12.8 Å². The summed E-state index contributed by atoms with van der Waals surface area (Å²) < 4.78 is 22.7. The summed E-state index contributed by atoms with van der Waals surface area (Å²) in [5.74, 6) is 1.45. The molecule has 84 valence electrons. The van der Waals surface area contributed by atoms with E-state index < -0.39 is 9.84 Å². The van der Waals surface area contributed by atoms with Crippen molar-refractivity contribution < 1.29 is 8.42 Å². The van der Waals surface area contributed by atoms with Gasteiger partial charge < -0.3 is 5.32 Å². The summed E-state index contributed by atoms with van der Waals surface area (Å²) in [6.07, 6.45) is 3.13. The molecule has 0 unspecified atom stereocenters. The van der Waals surface area contributed by atoms with Crippen LogP contribution in [0.25, 0.3) is 0 Å². The number of hydrogen-bond acceptors (Lipinski definition) is 3. The Kier molecular flexibility index (Phi) is 4.38. The molecule has 0 aromatic carbocycles. The van der Waals surface area contributed by atoms with E-state index in [0.717, 1.165) is 12.3 Å². The molecule has 0 atom stereocenters. The summed E-state index contributed by atoms with van der Waals surface area (Å²) in [6.45, 7) is 4.75. The van der Waals surface area contributed by atoms with Gasteiger partial charge in [0.05, 0.1) is 5.75 Å². The maximum atomic E-state index is 11.3. The average Bonchev–Trinajstić information content (AvgIpc) is 2.00. The fourth-order valence-corrected chi connectivity index (χ4v) is 3.16. The van der Waals surface area contributed by atoms with Gasteiger partial charge in [-0.2, -0.15) is 0 Å². The van der Waals surface area contributed by atoms with E-state index in [1.807, 2.05) is 6.92 Å². The predicted molar refractivity (Wildman–Crippen MR) is 59.1 cm³/mol. The van der Waals surface area contributed by atoms with Gasteiger partial charge in [0.25, 0.3) is 0 Å². The monoisotopic (exact) mass is 219 g/mol. The Balaban J connectivity index is 2.09. The molecule has 0 bridgehead atoms. The van der Waals surface area contributed by atoms with Gasteiger partial charge in [0.15, 0.2) is 9.84 Å². The van der Waals surface area contributed by atoms with Crippen molar-refractivity contribution in [1.29, 1.82) is 0 Å². The van der Waals surface area contributed by atoms with Crippen LogP contribution in [0.2, 0.25) is 0 Å². The molecular weight excluding hydrogens is 198 g/mol. The van der Waals surface area contributed by atoms with E-state index in [4.69, 9.17) is 0 Å². The SMILES string of the molecule is CCCS(=O)(=O)CCNC1CC(C)C1. The zero-order chi connectivity index (χ0) is 10.6. The van der Waals surface area contributed by atoms with Crippen molar-refractivity contribution in [3.63, 3.8) is 0 Å². The maximum Gasteiger partial charge on any atom is 0.151 e. The quantitative estimate of drug-likeness (QED) is 0.730. The number of rotatable bonds is 6. The highest BCUT2D eigenvalue weighted by Crippen LogP contribution is 2.25. The second-order valence-corrected chi connectivity index (χ2v) is 6.68. The van der Waals surface area contributed by atoms with Gasteiger partial charge in [-0.1, -0.05) is 13.8 Å². The van der Waals surface area contributed by atoms with Crippen LogP contribution in [0.15, 0.2) is 0 Å². The summed E-state index contributed by atoms with van der Waals surface area (Å²) in [5.41, 5.74) is 0. The Morgan fingerprint density at radius 2 is 1.93 bits per heavy atom. The molecule has 0 heterocycles. The molecule has 1 N–H and O–H groups in total. The molecule has 3 nitrogen and oxygen atoms in total. The highest BCUT2D eigenvalue weighted by atomic mass is 32.2. The first-order valence-corrected chi connectivity index (χ1v) is 7.29. The molecule has 0 amide bonds. The Morgan fingerprint density at radius 1 is 1.29 bits per heavy atom. The molecule has 0 saturated heterocycles. The molecule has 1 saturated carbocycles. The molecule has 4 heteroatoms. The lowest BCUT2D eigenvalue weighted by molar-refractivity contribution is 0.245. The lowest BCUT2D eigenvalue weighted by atomic mass is 9.82. The summed E-state index contributed by atoms with van der Waals surface area (Å²) in [6, 6.07) is 0.571. The summed E-state index contributed by atoms with van der Waals surface area (Å²) >= 11 is 0. The van der Waals surface area contributed by atoms with E-state index in [9.17, 15) is 8.42 Å². The minimum atomic E-state index is -2.79. The van der Waals surface area contributed by atoms with Crippen LogP contribution in [0.3, 0.4) is 0 Å². The Bertz CT molecular complexity index is 255. The minimum absolute atomic E-state index is 0.297. The van der Waals surface area contributed by atoms with Crippen LogP contribution in [-0.4, -0.2) is 32.5 Å². The predicted octanol–water partition coefficient (Wildman–Crippen LogP) is 1.20. The van der Waals surface area contributed by atoms with Crippen LogP contribution in [0.1, 0.15) is 33.1 Å². The van der Waals surface area contributed by atoms with Crippen molar-refractivity contribution in [3.8, 4) is 0 Å². The fraction of sp³-hybridized carbons (Fsp3) is 1.00. The van der Waals surface area contributed by atoms with Gasteiger partial charge in [0.1, 0.15) is 0 Å². The number of sulfone groups is 1. The van der Waals surface area contributed by atoms with Crippen LogP contribution >= 0.6 is 0 Å². The maximum absolute atomic E-state index is 11.3. The third-order valence-electron chi connectivity index (χ3n) is 2.73. The van der Waals surface area contributed by atoms with Crippen LogP contribution in [0.5, 0.6) is 0 Å². The van der Waals surface area contributed by atoms with Gasteiger partial charge in [-0.3, -0.25) is 0 Å². The summed E-state index contributed by atoms with van der Waals surface area (Å²) in [5, 5.41) is 3.28. The Hall–Kier alpha value is -0.0900. The molecule has 1 aliphatic carbocycles. The van der Waals surface area contributed by atoms with Gasteiger partial charge in [0.2, 0.25) is 0 Å². The first-order chi connectivity index (χ1) is 6.53. The molecular formula is C10H21NO2S. The number of nitrogens with one attached hydrogen (secondary N) is 1. The Labute approximate surface area is 87.2 Å². The van der Waals surface area contributed by atoms with Crippen molar-refractivity contribution in [3.05, 3.63) is 0 Å².